The Hall–Kier alpha value is -2.53. The minimum atomic E-state index is -2.81. The molecular weight excluding hydrogens is 363 g/mol. The van der Waals surface area contributed by atoms with Crippen LogP contribution in [-0.4, -0.2) is 19.7 Å². The molecule has 0 saturated heterocycles. The number of nitriles is 1. The maximum absolute atomic E-state index is 14.0. The van der Waals surface area contributed by atoms with Crippen molar-refractivity contribution < 1.29 is 17.4 Å². The fourth-order valence-corrected chi connectivity index (χ4v) is 2.67. The van der Waals surface area contributed by atoms with Crippen LogP contribution in [0, 0.1) is 17.1 Å². The molecule has 0 aliphatic rings. The van der Waals surface area contributed by atoms with Gasteiger partial charge in [0.25, 0.3) is 6.43 Å². The lowest BCUT2D eigenvalue weighted by atomic mass is 9.98. The van der Waals surface area contributed by atoms with Gasteiger partial charge in [0.1, 0.15) is 28.6 Å². The molecule has 0 amide bonds. The Labute approximate surface area is 152 Å². The molecular formula is C18H16F3N3OS. The SMILES string of the molecule is CC(C)(C)S(=O)/N=C(\c1ccnc(C(F)F)c1)c1cccc(F)c1C#N. The monoisotopic (exact) mass is 379 g/mol. The van der Waals surface area contributed by atoms with E-state index in [1.54, 1.807) is 26.8 Å². The third-order valence-electron chi connectivity index (χ3n) is 3.36. The highest BCUT2D eigenvalue weighted by atomic mass is 32.2. The summed E-state index contributed by atoms with van der Waals surface area (Å²) >= 11 is 0. The van der Waals surface area contributed by atoms with Crippen molar-refractivity contribution in [1.82, 2.24) is 4.98 Å². The van der Waals surface area contributed by atoms with Gasteiger partial charge < -0.3 is 0 Å². The molecule has 2 aromatic rings. The van der Waals surface area contributed by atoms with Crippen molar-refractivity contribution in [1.29, 1.82) is 5.26 Å². The fourth-order valence-electron chi connectivity index (χ4n) is 2.03. The van der Waals surface area contributed by atoms with Gasteiger partial charge in [-0.15, -0.1) is 0 Å². The summed E-state index contributed by atoms with van der Waals surface area (Å²) in [5.74, 6) is -0.776. The molecule has 4 nitrogen and oxygen atoms in total. The number of pyridine rings is 1. The van der Waals surface area contributed by atoms with E-state index in [0.29, 0.717) is 0 Å². The quantitative estimate of drug-likeness (QED) is 0.743. The van der Waals surface area contributed by atoms with Gasteiger partial charge in [-0.25, -0.2) is 17.4 Å². The van der Waals surface area contributed by atoms with E-state index in [1.807, 2.05) is 0 Å². The molecule has 136 valence electrons. The lowest BCUT2D eigenvalue weighted by Gasteiger charge is -2.16. The van der Waals surface area contributed by atoms with Crippen LogP contribution >= 0.6 is 0 Å². The molecule has 2 rings (SSSR count). The number of nitrogens with zero attached hydrogens (tertiary/aromatic N) is 3. The third kappa shape index (κ3) is 4.35. The van der Waals surface area contributed by atoms with Crippen molar-refractivity contribution in [3.63, 3.8) is 0 Å². The minimum absolute atomic E-state index is 0.00129. The number of aromatic nitrogens is 1. The van der Waals surface area contributed by atoms with E-state index in [-0.39, 0.29) is 22.4 Å². The Kier molecular flexibility index (Phi) is 5.93. The van der Waals surface area contributed by atoms with Crippen LogP contribution < -0.4 is 0 Å². The lowest BCUT2D eigenvalue weighted by molar-refractivity contribution is 0.146. The standard InChI is InChI=1S/C18H16F3N3OS/c1-18(2,3)26(25)24-16(11-7-8-23-15(9-11)17(20)21)12-5-4-6-14(19)13(12)10-22/h4-9,17H,1-3H3/b24-16+. The molecule has 0 spiro atoms. The average Bonchev–Trinajstić information content (AvgIpc) is 2.58. The Balaban J connectivity index is 2.75. The second-order valence-corrected chi connectivity index (χ2v) is 8.25. The van der Waals surface area contributed by atoms with Crippen molar-refractivity contribution in [2.24, 2.45) is 4.40 Å². The number of hydrogen-bond donors (Lipinski definition) is 0. The van der Waals surface area contributed by atoms with Gasteiger partial charge in [-0.1, -0.05) is 12.1 Å². The Morgan fingerprint density at radius 3 is 2.58 bits per heavy atom. The second kappa shape index (κ2) is 7.79. The Bertz CT molecular complexity index is 915. The van der Waals surface area contributed by atoms with E-state index in [0.717, 1.165) is 18.3 Å². The van der Waals surface area contributed by atoms with Crippen LogP contribution in [0.1, 0.15) is 49.6 Å². The first-order valence-electron chi connectivity index (χ1n) is 7.59. The van der Waals surface area contributed by atoms with Gasteiger partial charge in [-0.05, 0) is 39.0 Å². The molecule has 1 atom stereocenters. The summed E-state index contributed by atoms with van der Waals surface area (Å²) in [4.78, 5) is 3.58. The number of rotatable bonds is 4. The van der Waals surface area contributed by atoms with Crippen LogP contribution in [0.4, 0.5) is 13.2 Å². The first-order chi connectivity index (χ1) is 12.1. The van der Waals surface area contributed by atoms with E-state index in [1.165, 1.54) is 18.2 Å². The van der Waals surface area contributed by atoms with Crippen LogP contribution in [0.2, 0.25) is 0 Å². The van der Waals surface area contributed by atoms with Gasteiger partial charge in [0.2, 0.25) is 0 Å². The highest BCUT2D eigenvalue weighted by Gasteiger charge is 2.23. The van der Waals surface area contributed by atoms with E-state index in [2.05, 4.69) is 9.38 Å². The smallest absolute Gasteiger partial charge is 0.255 e. The molecule has 0 radical (unpaired) electrons. The Morgan fingerprint density at radius 1 is 1.31 bits per heavy atom. The summed E-state index contributed by atoms with van der Waals surface area (Å²) in [5.41, 5.74) is -0.538. The van der Waals surface area contributed by atoms with Crippen molar-refractivity contribution in [2.45, 2.75) is 31.9 Å². The Morgan fingerprint density at radius 2 is 2.00 bits per heavy atom. The fraction of sp³-hybridized carbons (Fsp3) is 0.278. The molecule has 8 heteroatoms. The minimum Gasteiger partial charge on any atom is -0.255 e. The maximum atomic E-state index is 14.0. The van der Waals surface area contributed by atoms with Gasteiger partial charge >= 0.3 is 0 Å². The number of alkyl halides is 2. The van der Waals surface area contributed by atoms with Crippen LogP contribution in [0.15, 0.2) is 40.9 Å². The second-order valence-electron chi connectivity index (χ2n) is 6.35. The average molecular weight is 379 g/mol. The van der Waals surface area contributed by atoms with E-state index in [4.69, 9.17) is 0 Å². The first-order valence-corrected chi connectivity index (χ1v) is 8.70. The van der Waals surface area contributed by atoms with Gasteiger partial charge in [-0.3, -0.25) is 4.98 Å². The van der Waals surface area contributed by atoms with Crippen LogP contribution in [0.25, 0.3) is 0 Å². The molecule has 0 N–H and O–H groups in total. The van der Waals surface area contributed by atoms with Gasteiger partial charge in [-0.2, -0.15) is 9.66 Å². The number of halogens is 3. The van der Waals surface area contributed by atoms with Crippen molar-refractivity contribution >= 4 is 16.7 Å². The van der Waals surface area contributed by atoms with Crippen LogP contribution in [0.3, 0.4) is 0 Å². The summed E-state index contributed by atoms with van der Waals surface area (Å²) in [6, 6.07) is 8.15. The highest BCUT2D eigenvalue weighted by molar-refractivity contribution is 7.85. The number of benzene rings is 1. The van der Waals surface area contributed by atoms with Crippen LogP contribution in [0.5, 0.6) is 0 Å². The molecule has 1 aromatic heterocycles. The van der Waals surface area contributed by atoms with E-state index < -0.39 is 33.7 Å². The van der Waals surface area contributed by atoms with E-state index in [9.17, 15) is 22.6 Å². The normalized spacial score (nSPS) is 13.5. The molecule has 1 aromatic carbocycles. The zero-order chi connectivity index (χ0) is 19.5. The summed E-state index contributed by atoms with van der Waals surface area (Å²) in [6.07, 6.45) is -1.65. The zero-order valence-electron chi connectivity index (χ0n) is 14.3. The molecule has 26 heavy (non-hydrogen) atoms. The van der Waals surface area contributed by atoms with Gasteiger partial charge in [0, 0.05) is 17.3 Å². The predicted molar refractivity (Wildman–Crippen MR) is 93.8 cm³/mol. The molecule has 0 saturated carbocycles. The largest absolute Gasteiger partial charge is 0.280 e. The summed E-state index contributed by atoms with van der Waals surface area (Å²) in [5, 5.41) is 9.28. The maximum Gasteiger partial charge on any atom is 0.280 e. The summed E-state index contributed by atoms with van der Waals surface area (Å²) < 4.78 is 55.9. The molecule has 0 bridgehead atoms. The van der Waals surface area contributed by atoms with E-state index >= 15 is 0 Å². The zero-order valence-corrected chi connectivity index (χ0v) is 15.1. The van der Waals surface area contributed by atoms with Crippen molar-refractivity contribution in [3.05, 3.63) is 64.7 Å². The molecule has 0 aliphatic heterocycles. The number of hydrogen-bond acceptors (Lipinski definition) is 3. The van der Waals surface area contributed by atoms with Crippen molar-refractivity contribution in [3.8, 4) is 6.07 Å². The predicted octanol–water partition coefficient (Wildman–Crippen LogP) is 4.33. The third-order valence-corrected chi connectivity index (χ3v) is 4.75. The molecule has 1 heterocycles. The van der Waals surface area contributed by atoms with Crippen molar-refractivity contribution in [2.75, 3.05) is 0 Å². The van der Waals surface area contributed by atoms with Gasteiger partial charge in [0.05, 0.1) is 16.0 Å². The lowest BCUT2D eigenvalue weighted by Crippen LogP contribution is -2.22. The highest BCUT2D eigenvalue weighted by Crippen LogP contribution is 2.23. The summed E-state index contributed by atoms with van der Waals surface area (Å²) in [7, 11) is -1.75. The topological polar surface area (TPSA) is 66.1 Å². The first kappa shape index (κ1) is 19.8. The van der Waals surface area contributed by atoms with Crippen LogP contribution in [-0.2, 0) is 11.0 Å². The van der Waals surface area contributed by atoms with Gasteiger partial charge in [0.15, 0.2) is 0 Å². The summed E-state index contributed by atoms with van der Waals surface area (Å²) in [6.45, 7) is 5.08. The molecule has 1 unspecified atom stereocenters. The molecule has 0 fully saturated rings. The molecule has 0 aliphatic carbocycles.